The van der Waals surface area contributed by atoms with Crippen molar-refractivity contribution in [1.82, 2.24) is 10.3 Å². The van der Waals surface area contributed by atoms with Crippen molar-refractivity contribution in [3.05, 3.63) is 53.3 Å². The Kier molecular flexibility index (Phi) is 5.31. The van der Waals surface area contributed by atoms with Crippen LogP contribution >= 0.6 is 0 Å². The zero-order valence-electron chi connectivity index (χ0n) is 12.7. The molecular weight excluding hydrogens is 244 g/mol. The van der Waals surface area contributed by atoms with Gasteiger partial charge >= 0.3 is 0 Å². The van der Waals surface area contributed by atoms with Crippen molar-refractivity contribution in [1.29, 1.82) is 0 Å². The van der Waals surface area contributed by atoms with Gasteiger partial charge in [-0.1, -0.05) is 39.0 Å². The molecule has 106 valence electrons. The van der Waals surface area contributed by atoms with Gasteiger partial charge in [-0.25, -0.2) is 0 Å². The summed E-state index contributed by atoms with van der Waals surface area (Å²) in [4.78, 5) is 4.40. The summed E-state index contributed by atoms with van der Waals surface area (Å²) in [7, 11) is 0. The van der Waals surface area contributed by atoms with Gasteiger partial charge in [0, 0.05) is 24.5 Å². The van der Waals surface area contributed by atoms with Crippen molar-refractivity contribution < 1.29 is 0 Å². The standard InChI is InChI=1S/C18H24N2/c1-4-14-7-8-16(5-2)18(10-14)17-9-15(11-19-6-3)12-20-13-17/h7-10,12-13,19H,4-6,11H2,1-3H3. The van der Waals surface area contributed by atoms with Crippen molar-refractivity contribution in [3.8, 4) is 11.1 Å². The third-order valence-corrected chi connectivity index (χ3v) is 3.65. The van der Waals surface area contributed by atoms with E-state index in [9.17, 15) is 0 Å². The SMILES string of the molecule is CCNCc1cncc(-c2cc(CC)ccc2CC)c1. The summed E-state index contributed by atoms with van der Waals surface area (Å²) < 4.78 is 0. The molecule has 2 nitrogen and oxygen atoms in total. The second kappa shape index (κ2) is 7.20. The Hall–Kier alpha value is -1.67. The second-order valence-electron chi connectivity index (χ2n) is 5.06. The first kappa shape index (κ1) is 14.7. The molecule has 1 heterocycles. The first-order valence-corrected chi connectivity index (χ1v) is 7.55. The lowest BCUT2D eigenvalue weighted by atomic mass is 9.95. The maximum Gasteiger partial charge on any atom is 0.0346 e. The molecule has 1 aromatic carbocycles. The van der Waals surface area contributed by atoms with E-state index in [0.29, 0.717) is 0 Å². The largest absolute Gasteiger partial charge is 0.313 e. The molecule has 0 atom stereocenters. The number of aromatic nitrogens is 1. The fourth-order valence-electron chi connectivity index (χ4n) is 2.42. The van der Waals surface area contributed by atoms with Crippen LogP contribution in [0.25, 0.3) is 11.1 Å². The number of pyridine rings is 1. The molecule has 0 fully saturated rings. The molecule has 0 radical (unpaired) electrons. The number of benzene rings is 1. The fraction of sp³-hybridized carbons (Fsp3) is 0.389. The van der Waals surface area contributed by atoms with Crippen LogP contribution in [0.1, 0.15) is 37.5 Å². The van der Waals surface area contributed by atoms with Gasteiger partial charge in [-0.15, -0.1) is 0 Å². The monoisotopic (exact) mass is 268 g/mol. The van der Waals surface area contributed by atoms with E-state index < -0.39 is 0 Å². The Bertz CT molecular complexity index is 561. The summed E-state index contributed by atoms with van der Waals surface area (Å²) in [5.41, 5.74) is 6.58. The minimum Gasteiger partial charge on any atom is -0.313 e. The van der Waals surface area contributed by atoms with E-state index >= 15 is 0 Å². The highest BCUT2D eigenvalue weighted by Crippen LogP contribution is 2.26. The Morgan fingerprint density at radius 3 is 2.50 bits per heavy atom. The lowest BCUT2D eigenvalue weighted by Crippen LogP contribution is -2.11. The van der Waals surface area contributed by atoms with Crippen molar-refractivity contribution in [2.24, 2.45) is 0 Å². The van der Waals surface area contributed by atoms with E-state index in [-0.39, 0.29) is 0 Å². The first-order chi connectivity index (χ1) is 9.78. The minimum atomic E-state index is 0.881. The normalized spacial score (nSPS) is 10.8. The van der Waals surface area contributed by atoms with E-state index in [1.807, 2.05) is 12.4 Å². The molecule has 0 bridgehead atoms. The number of nitrogens with one attached hydrogen (secondary N) is 1. The second-order valence-corrected chi connectivity index (χ2v) is 5.06. The summed E-state index contributed by atoms with van der Waals surface area (Å²) in [5, 5.41) is 3.35. The van der Waals surface area contributed by atoms with Crippen molar-refractivity contribution in [2.75, 3.05) is 6.54 Å². The maximum absolute atomic E-state index is 4.40. The summed E-state index contributed by atoms with van der Waals surface area (Å²) >= 11 is 0. The molecule has 0 aliphatic carbocycles. The molecule has 0 aliphatic rings. The Morgan fingerprint density at radius 2 is 1.80 bits per heavy atom. The van der Waals surface area contributed by atoms with Gasteiger partial charge in [0.25, 0.3) is 0 Å². The zero-order valence-corrected chi connectivity index (χ0v) is 12.7. The Balaban J connectivity index is 2.39. The summed E-state index contributed by atoms with van der Waals surface area (Å²) in [6.07, 6.45) is 6.04. The third-order valence-electron chi connectivity index (χ3n) is 3.65. The van der Waals surface area contributed by atoms with Gasteiger partial charge in [0.2, 0.25) is 0 Å². The molecule has 0 unspecified atom stereocenters. The average molecular weight is 268 g/mol. The van der Waals surface area contributed by atoms with Crippen LogP contribution in [-0.4, -0.2) is 11.5 Å². The highest BCUT2D eigenvalue weighted by Gasteiger charge is 2.06. The topological polar surface area (TPSA) is 24.9 Å². The van der Waals surface area contributed by atoms with Crippen molar-refractivity contribution >= 4 is 0 Å². The summed E-state index contributed by atoms with van der Waals surface area (Å²) in [6.45, 7) is 8.39. The molecular formula is C18H24N2. The zero-order chi connectivity index (χ0) is 14.4. The summed E-state index contributed by atoms with van der Waals surface area (Å²) in [6, 6.07) is 9.06. The van der Waals surface area contributed by atoms with Crippen LogP contribution in [0.4, 0.5) is 0 Å². The molecule has 0 amide bonds. The molecule has 0 saturated heterocycles. The molecule has 0 aliphatic heterocycles. The van der Waals surface area contributed by atoms with Crippen LogP contribution in [-0.2, 0) is 19.4 Å². The van der Waals surface area contributed by atoms with Gasteiger partial charge in [-0.2, -0.15) is 0 Å². The molecule has 1 aromatic heterocycles. The van der Waals surface area contributed by atoms with Crippen LogP contribution in [0, 0.1) is 0 Å². The lowest BCUT2D eigenvalue weighted by molar-refractivity contribution is 0.724. The fourth-order valence-corrected chi connectivity index (χ4v) is 2.42. The van der Waals surface area contributed by atoms with Gasteiger partial charge < -0.3 is 5.32 Å². The predicted octanol–water partition coefficient (Wildman–Crippen LogP) is 3.98. The van der Waals surface area contributed by atoms with Gasteiger partial charge in [0.15, 0.2) is 0 Å². The van der Waals surface area contributed by atoms with E-state index in [1.165, 1.54) is 27.8 Å². The molecule has 2 heteroatoms. The quantitative estimate of drug-likeness (QED) is 0.857. The van der Waals surface area contributed by atoms with E-state index in [0.717, 1.165) is 25.9 Å². The predicted molar refractivity (Wildman–Crippen MR) is 85.8 cm³/mol. The van der Waals surface area contributed by atoms with Crippen LogP contribution in [0.3, 0.4) is 0 Å². The lowest BCUT2D eigenvalue weighted by Gasteiger charge is -2.11. The minimum absolute atomic E-state index is 0.881. The maximum atomic E-state index is 4.40. The molecule has 20 heavy (non-hydrogen) atoms. The smallest absolute Gasteiger partial charge is 0.0346 e. The van der Waals surface area contributed by atoms with E-state index in [1.54, 1.807) is 0 Å². The Labute approximate surface area is 122 Å². The van der Waals surface area contributed by atoms with Crippen LogP contribution in [0.15, 0.2) is 36.7 Å². The number of hydrogen-bond acceptors (Lipinski definition) is 2. The molecule has 2 aromatic rings. The van der Waals surface area contributed by atoms with Gasteiger partial charge in [0.1, 0.15) is 0 Å². The molecule has 2 rings (SSSR count). The molecule has 0 saturated carbocycles. The average Bonchev–Trinajstić information content (AvgIpc) is 2.52. The van der Waals surface area contributed by atoms with Crippen molar-refractivity contribution in [3.63, 3.8) is 0 Å². The van der Waals surface area contributed by atoms with Crippen LogP contribution < -0.4 is 5.32 Å². The van der Waals surface area contributed by atoms with E-state index in [2.05, 4.69) is 55.3 Å². The number of aryl methyl sites for hydroxylation is 2. The number of rotatable bonds is 6. The van der Waals surface area contributed by atoms with E-state index in [4.69, 9.17) is 0 Å². The third kappa shape index (κ3) is 3.45. The Morgan fingerprint density at radius 1 is 0.950 bits per heavy atom. The number of hydrogen-bond donors (Lipinski definition) is 1. The number of nitrogens with zero attached hydrogens (tertiary/aromatic N) is 1. The van der Waals surface area contributed by atoms with Crippen molar-refractivity contribution in [2.45, 2.75) is 40.2 Å². The van der Waals surface area contributed by atoms with Crippen LogP contribution in [0.2, 0.25) is 0 Å². The van der Waals surface area contributed by atoms with Crippen LogP contribution in [0.5, 0.6) is 0 Å². The summed E-state index contributed by atoms with van der Waals surface area (Å²) in [5.74, 6) is 0. The van der Waals surface area contributed by atoms with Gasteiger partial charge in [0.05, 0.1) is 0 Å². The van der Waals surface area contributed by atoms with Gasteiger partial charge in [-0.3, -0.25) is 4.98 Å². The first-order valence-electron chi connectivity index (χ1n) is 7.55. The van der Waals surface area contributed by atoms with Gasteiger partial charge in [-0.05, 0) is 47.7 Å². The highest BCUT2D eigenvalue weighted by atomic mass is 14.8. The molecule has 1 N–H and O–H groups in total. The highest BCUT2D eigenvalue weighted by molar-refractivity contribution is 5.68. The molecule has 0 spiro atoms.